The topological polar surface area (TPSA) is 89.3 Å². The summed E-state index contributed by atoms with van der Waals surface area (Å²) in [6.07, 6.45) is 1.42. The van der Waals surface area contributed by atoms with Gasteiger partial charge in [-0.15, -0.1) is 0 Å². The zero-order valence-corrected chi connectivity index (χ0v) is 14.8. The number of carbonyl (C=O) groups is 1. The molecule has 1 atom stereocenters. The van der Waals surface area contributed by atoms with Gasteiger partial charge in [-0.25, -0.2) is 4.79 Å². The summed E-state index contributed by atoms with van der Waals surface area (Å²) in [5.41, 5.74) is 2.30. The summed E-state index contributed by atoms with van der Waals surface area (Å²) >= 11 is 0. The van der Waals surface area contributed by atoms with Crippen molar-refractivity contribution in [2.75, 3.05) is 6.61 Å². The van der Waals surface area contributed by atoms with Crippen LogP contribution in [0, 0.1) is 0 Å². The highest BCUT2D eigenvalue weighted by Crippen LogP contribution is 2.29. The number of aromatic nitrogens is 2. The first kappa shape index (κ1) is 17.4. The number of rotatable bonds is 6. The Labute approximate surface area is 147 Å². The minimum Gasteiger partial charge on any atom is -0.371 e. The molecule has 134 valence electrons. The molecule has 1 aliphatic rings. The highest BCUT2D eigenvalue weighted by Gasteiger charge is 2.33. The van der Waals surface area contributed by atoms with Crippen molar-refractivity contribution in [2.45, 2.75) is 51.8 Å². The number of amides is 2. The van der Waals surface area contributed by atoms with E-state index in [0.717, 1.165) is 12.8 Å². The van der Waals surface area contributed by atoms with E-state index in [1.54, 1.807) is 0 Å². The Morgan fingerprint density at radius 1 is 1.36 bits per heavy atom. The minimum absolute atomic E-state index is 0.181. The predicted molar refractivity (Wildman–Crippen MR) is 92.0 cm³/mol. The lowest BCUT2D eigenvalue weighted by Gasteiger charge is -2.25. The maximum Gasteiger partial charge on any atom is 0.315 e. The van der Waals surface area contributed by atoms with Crippen LogP contribution in [-0.4, -0.2) is 28.3 Å². The zero-order chi connectivity index (χ0) is 17.9. The third-order valence-corrected chi connectivity index (χ3v) is 4.36. The summed E-state index contributed by atoms with van der Waals surface area (Å²) in [4.78, 5) is 16.5. The molecule has 2 N–H and O–H groups in total. The molecule has 2 amide bonds. The van der Waals surface area contributed by atoms with Crippen molar-refractivity contribution < 1.29 is 14.1 Å². The van der Waals surface area contributed by atoms with Crippen LogP contribution in [-0.2, 0) is 24.1 Å². The van der Waals surface area contributed by atoms with Crippen LogP contribution in [0.2, 0.25) is 0 Å². The van der Waals surface area contributed by atoms with Crippen molar-refractivity contribution >= 4 is 6.03 Å². The molecule has 0 spiro atoms. The smallest absolute Gasteiger partial charge is 0.315 e. The molecule has 7 heteroatoms. The van der Waals surface area contributed by atoms with E-state index in [1.165, 1.54) is 11.1 Å². The number of nitrogens with one attached hydrogen (secondary N) is 2. The largest absolute Gasteiger partial charge is 0.371 e. The number of nitrogens with zero attached hydrogens (tertiary/aromatic N) is 2. The minimum atomic E-state index is -0.281. The van der Waals surface area contributed by atoms with Gasteiger partial charge in [-0.05, 0) is 44.7 Å². The maximum atomic E-state index is 12.2. The summed E-state index contributed by atoms with van der Waals surface area (Å²) in [5.74, 6) is 0.842. The lowest BCUT2D eigenvalue weighted by atomic mass is 9.99. The van der Waals surface area contributed by atoms with Crippen LogP contribution in [0.5, 0.6) is 0 Å². The van der Waals surface area contributed by atoms with Gasteiger partial charge in [0.2, 0.25) is 5.89 Å². The summed E-state index contributed by atoms with van der Waals surface area (Å²) in [7, 11) is 0. The van der Waals surface area contributed by atoms with Crippen molar-refractivity contribution in [3.05, 3.63) is 47.1 Å². The predicted octanol–water partition coefficient (Wildman–Crippen LogP) is 2.52. The molecule has 2 aromatic rings. The summed E-state index contributed by atoms with van der Waals surface area (Å²) in [6, 6.07) is 8.04. The molecule has 0 radical (unpaired) electrons. The van der Waals surface area contributed by atoms with Gasteiger partial charge in [0.15, 0.2) is 5.82 Å². The Hall–Kier alpha value is -2.41. The molecule has 0 unspecified atom stereocenters. The van der Waals surface area contributed by atoms with Gasteiger partial charge in [-0.1, -0.05) is 29.4 Å². The summed E-state index contributed by atoms with van der Waals surface area (Å²) < 4.78 is 10.6. The molecule has 1 heterocycles. The van der Waals surface area contributed by atoms with Gasteiger partial charge >= 0.3 is 6.03 Å². The van der Waals surface area contributed by atoms with E-state index < -0.39 is 0 Å². The molecule has 7 nitrogen and oxygen atoms in total. The third kappa shape index (κ3) is 4.17. The number of ether oxygens (including phenoxy) is 1. The standard InChI is InChI=1S/C18H24N4O3/c1-4-24-12(2)16-20-15(25-22-16)11-19-17(23)21-18(3)9-13-7-5-6-8-14(13)10-18/h5-8,12H,4,9-11H2,1-3H3,(H2,19,21,23)/t12-/m0/s1. The van der Waals surface area contributed by atoms with Crippen LogP contribution in [0.4, 0.5) is 4.79 Å². The van der Waals surface area contributed by atoms with E-state index in [2.05, 4.69) is 39.8 Å². The molecule has 0 fully saturated rings. The second kappa shape index (κ2) is 7.23. The Kier molecular flexibility index (Phi) is 5.03. The van der Waals surface area contributed by atoms with Crippen molar-refractivity contribution in [1.82, 2.24) is 20.8 Å². The van der Waals surface area contributed by atoms with Crippen molar-refractivity contribution in [3.63, 3.8) is 0 Å². The van der Waals surface area contributed by atoms with Gasteiger partial charge in [0, 0.05) is 12.1 Å². The molecular formula is C18H24N4O3. The zero-order valence-electron chi connectivity index (χ0n) is 14.8. The third-order valence-electron chi connectivity index (χ3n) is 4.36. The highest BCUT2D eigenvalue weighted by atomic mass is 16.5. The number of hydrogen-bond acceptors (Lipinski definition) is 5. The van der Waals surface area contributed by atoms with Crippen LogP contribution in [0.3, 0.4) is 0 Å². The van der Waals surface area contributed by atoms with E-state index >= 15 is 0 Å². The second-order valence-corrected chi connectivity index (χ2v) is 6.63. The SMILES string of the molecule is CCO[C@@H](C)c1noc(CNC(=O)NC2(C)Cc3ccccc3C2)n1. The lowest BCUT2D eigenvalue weighted by Crippen LogP contribution is -2.50. The molecule has 3 rings (SSSR count). The maximum absolute atomic E-state index is 12.2. The van der Waals surface area contributed by atoms with E-state index in [-0.39, 0.29) is 24.2 Å². The number of hydrogen-bond donors (Lipinski definition) is 2. The van der Waals surface area contributed by atoms with E-state index in [0.29, 0.717) is 18.3 Å². The van der Waals surface area contributed by atoms with Gasteiger partial charge in [0.1, 0.15) is 6.10 Å². The fourth-order valence-electron chi connectivity index (χ4n) is 3.20. The quantitative estimate of drug-likeness (QED) is 0.840. The molecule has 0 aliphatic heterocycles. The van der Waals surface area contributed by atoms with Crippen molar-refractivity contribution in [2.24, 2.45) is 0 Å². The molecule has 1 aromatic heterocycles. The molecule has 1 aliphatic carbocycles. The van der Waals surface area contributed by atoms with E-state index in [4.69, 9.17) is 9.26 Å². The van der Waals surface area contributed by atoms with Crippen molar-refractivity contribution in [1.29, 1.82) is 0 Å². The van der Waals surface area contributed by atoms with Gasteiger partial charge in [0.05, 0.1) is 6.54 Å². The molecule has 0 saturated heterocycles. The first-order chi connectivity index (χ1) is 12.0. The van der Waals surface area contributed by atoms with Crippen LogP contribution in [0.15, 0.2) is 28.8 Å². The fraction of sp³-hybridized carbons (Fsp3) is 0.500. The van der Waals surface area contributed by atoms with Crippen LogP contribution in [0.1, 0.15) is 49.7 Å². The monoisotopic (exact) mass is 344 g/mol. The first-order valence-electron chi connectivity index (χ1n) is 8.56. The Morgan fingerprint density at radius 3 is 2.68 bits per heavy atom. The average molecular weight is 344 g/mol. The van der Waals surface area contributed by atoms with Crippen LogP contribution in [0.25, 0.3) is 0 Å². The number of urea groups is 1. The normalized spacial score (nSPS) is 16.3. The molecule has 1 aromatic carbocycles. The van der Waals surface area contributed by atoms with Crippen molar-refractivity contribution in [3.8, 4) is 0 Å². The van der Waals surface area contributed by atoms with Crippen LogP contribution < -0.4 is 10.6 Å². The fourth-order valence-corrected chi connectivity index (χ4v) is 3.20. The Morgan fingerprint density at radius 2 is 2.04 bits per heavy atom. The highest BCUT2D eigenvalue weighted by molar-refractivity contribution is 5.75. The van der Waals surface area contributed by atoms with Gasteiger partial charge in [-0.2, -0.15) is 4.98 Å². The van der Waals surface area contributed by atoms with Gasteiger partial charge in [-0.3, -0.25) is 0 Å². The van der Waals surface area contributed by atoms with E-state index in [9.17, 15) is 4.79 Å². The molecule has 25 heavy (non-hydrogen) atoms. The summed E-state index contributed by atoms with van der Waals surface area (Å²) in [5, 5.41) is 9.71. The van der Waals surface area contributed by atoms with Crippen LogP contribution >= 0.6 is 0 Å². The first-order valence-corrected chi connectivity index (χ1v) is 8.56. The number of carbonyl (C=O) groups excluding carboxylic acids is 1. The molecular weight excluding hydrogens is 320 g/mol. The molecule has 0 saturated carbocycles. The average Bonchev–Trinajstić information content (AvgIpc) is 3.16. The second-order valence-electron chi connectivity index (χ2n) is 6.63. The number of benzene rings is 1. The van der Waals surface area contributed by atoms with Gasteiger partial charge in [0.25, 0.3) is 0 Å². The summed E-state index contributed by atoms with van der Waals surface area (Å²) in [6.45, 7) is 6.58. The van der Waals surface area contributed by atoms with Gasteiger partial charge < -0.3 is 19.9 Å². The van der Waals surface area contributed by atoms with E-state index in [1.807, 2.05) is 26.0 Å². The lowest BCUT2D eigenvalue weighted by molar-refractivity contribution is 0.0683. The number of fused-ring (bicyclic) bond motifs is 1. The Balaban J connectivity index is 1.51. The molecule has 0 bridgehead atoms. The Bertz CT molecular complexity index is 718.